The summed E-state index contributed by atoms with van der Waals surface area (Å²) in [5, 5.41) is 11.8. The number of hydrogen-bond acceptors (Lipinski definition) is 2. The van der Waals surface area contributed by atoms with Crippen LogP contribution in [0.3, 0.4) is 0 Å². The number of amides is 1. The monoisotopic (exact) mass is 247 g/mol. The van der Waals surface area contributed by atoms with Gasteiger partial charge in [-0.25, -0.2) is 0 Å². The van der Waals surface area contributed by atoms with E-state index in [0.717, 1.165) is 5.56 Å². The summed E-state index contributed by atoms with van der Waals surface area (Å²) in [6.07, 6.45) is 1.31. The molecule has 0 spiro atoms. The minimum Gasteiger partial charge on any atom is -0.481 e. The van der Waals surface area contributed by atoms with Crippen molar-refractivity contribution < 1.29 is 14.7 Å². The highest BCUT2D eigenvalue weighted by atomic mass is 16.4. The van der Waals surface area contributed by atoms with Gasteiger partial charge in [-0.2, -0.15) is 0 Å². The standard InChI is InChI=1S/C14H17NO3/c1-10(11-5-3-2-4-6-11)12(16)15-9-14(7-8-14)13(17)18/h2-6,10H,7-9H2,1H3,(H,15,16)(H,17,18)/t10-/m1/s1. The normalized spacial score (nSPS) is 17.8. The Morgan fingerprint density at radius 3 is 2.44 bits per heavy atom. The summed E-state index contributed by atoms with van der Waals surface area (Å²) in [4.78, 5) is 22.9. The van der Waals surface area contributed by atoms with E-state index in [-0.39, 0.29) is 18.4 Å². The van der Waals surface area contributed by atoms with Crippen LogP contribution in [0.25, 0.3) is 0 Å². The van der Waals surface area contributed by atoms with Crippen molar-refractivity contribution in [3.05, 3.63) is 35.9 Å². The second kappa shape index (κ2) is 4.80. The average Bonchev–Trinajstić information content (AvgIpc) is 3.17. The van der Waals surface area contributed by atoms with Gasteiger partial charge in [-0.15, -0.1) is 0 Å². The fourth-order valence-corrected chi connectivity index (χ4v) is 1.92. The van der Waals surface area contributed by atoms with Gasteiger partial charge in [0.2, 0.25) is 5.91 Å². The predicted molar refractivity (Wildman–Crippen MR) is 67.2 cm³/mol. The zero-order valence-corrected chi connectivity index (χ0v) is 10.3. The summed E-state index contributed by atoms with van der Waals surface area (Å²) in [5.74, 6) is -1.18. The van der Waals surface area contributed by atoms with Crippen molar-refractivity contribution >= 4 is 11.9 Å². The molecule has 1 fully saturated rings. The van der Waals surface area contributed by atoms with Gasteiger partial charge in [0, 0.05) is 6.54 Å². The van der Waals surface area contributed by atoms with E-state index in [0.29, 0.717) is 12.8 Å². The highest BCUT2D eigenvalue weighted by Gasteiger charge is 2.50. The lowest BCUT2D eigenvalue weighted by molar-refractivity contribution is -0.143. The largest absolute Gasteiger partial charge is 0.481 e. The number of nitrogens with one attached hydrogen (secondary N) is 1. The Labute approximate surface area is 106 Å². The molecule has 0 aliphatic heterocycles. The van der Waals surface area contributed by atoms with Gasteiger partial charge < -0.3 is 10.4 Å². The van der Waals surface area contributed by atoms with Crippen LogP contribution < -0.4 is 5.32 Å². The number of benzene rings is 1. The number of aliphatic carboxylic acids is 1. The fraction of sp³-hybridized carbons (Fsp3) is 0.429. The molecular weight excluding hydrogens is 230 g/mol. The van der Waals surface area contributed by atoms with Crippen LogP contribution in [0.1, 0.15) is 31.2 Å². The molecule has 0 heterocycles. The number of carboxylic acid groups (broad SMARTS) is 1. The van der Waals surface area contributed by atoms with Crippen LogP contribution in [0.5, 0.6) is 0 Å². The zero-order valence-electron chi connectivity index (χ0n) is 10.3. The molecule has 1 aliphatic rings. The first kappa shape index (κ1) is 12.6. The molecule has 4 nitrogen and oxygen atoms in total. The number of hydrogen-bond donors (Lipinski definition) is 2. The molecule has 1 saturated carbocycles. The smallest absolute Gasteiger partial charge is 0.311 e. The highest BCUT2D eigenvalue weighted by Crippen LogP contribution is 2.45. The molecule has 2 rings (SSSR count). The van der Waals surface area contributed by atoms with Crippen LogP contribution in [0, 0.1) is 5.41 Å². The van der Waals surface area contributed by atoms with Crippen LogP contribution in [0.15, 0.2) is 30.3 Å². The number of carbonyl (C=O) groups is 2. The quantitative estimate of drug-likeness (QED) is 0.833. The summed E-state index contributed by atoms with van der Waals surface area (Å²) in [5.41, 5.74) is 0.238. The van der Waals surface area contributed by atoms with E-state index in [4.69, 9.17) is 5.11 Å². The molecule has 1 aliphatic carbocycles. The van der Waals surface area contributed by atoms with Crippen molar-refractivity contribution in [3.63, 3.8) is 0 Å². The second-order valence-electron chi connectivity index (χ2n) is 4.94. The van der Waals surface area contributed by atoms with Crippen LogP contribution >= 0.6 is 0 Å². The van der Waals surface area contributed by atoms with Gasteiger partial charge in [-0.05, 0) is 25.3 Å². The minimum atomic E-state index is -0.810. The van der Waals surface area contributed by atoms with Gasteiger partial charge in [0.25, 0.3) is 0 Å². The maximum Gasteiger partial charge on any atom is 0.311 e. The Morgan fingerprint density at radius 1 is 1.33 bits per heavy atom. The summed E-state index contributed by atoms with van der Waals surface area (Å²) in [6.45, 7) is 2.06. The molecule has 96 valence electrons. The first-order chi connectivity index (χ1) is 8.55. The second-order valence-corrected chi connectivity index (χ2v) is 4.94. The van der Waals surface area contributed by atoms with Gasteiger partial charge >= 0.3 is 5.97 Å². The molecule has 1 atom stereocenters. The molecule has 2 N–H and O–H groups in total. The molecule has 1 aromatic carbocycles. The lowest BCUT2D eigenvalue weighted by atomic mass is 10.00. The summed E-state index contributed by atoms with van der Waals surface area (Å²) in [7, 11) is 0. The van der Waals surface area contributed by atoms with Crippen molar-refractivity contribution in [2.45, 2.75) is 25.7 Å². The van der Waals surface area contributed by atoms with E-state index in [9.17, 15) is 9.59 Å². The predicted octanol–water partition coefficient (Wildman–Crippen LogP) is 1.77. The third kappa shape index (κ3) is 2.53. The molecule has 0 unspecified atom stereocenters. The highest BCUT2D eigenvalue weighted by molar-refractivity contribution is 5.84. The molecule has 1 aromatic rings. The molecule has 4 heteroatoms. The molecule has 0 bridgehead atoms. The Bertz CT molecular complexity index is 451. The van der Waals surface area contributed by atoms with Gasteiger partial charge in [0.15, 0.2) is 0 Å². The van der Waals surface area contributed by atoms with Crippen molar-refractivity contribution in [1.82, 2.24) is 5.32 Å². The first-order valence-electron chi connectivity index (χ1n) is 6.11. The van der Waals surface area contributed by atoms with Crippen molar-refractivity contribution in [2.24, 2.45) is 5.41 Å². The lowest BCUT2D eigenvalue weighted by Crippen LogP contribution is -2.36. The van der Waals surface area contributed by atoms with Gasteiger partial charge in [0.05, 0.1) is 11.3 Å². The van der Waals surface area contributed by atoms with Gasteiger partial charge in [-0.1, -0.05) is 30.3 Å². The fourth-order valence-electron chi connectivity index (χ4n) is 1.92. The molecular formula is C14H17NO3. The van der Waals surface area contributed by atoms with Crippen LogP contribution in [0.4, 0.5) is 0 Å². The Hall–Kier alpha value is -1.84. The summed E-state index contributed by atoms with van der Waals surface area (Å²) in [6, 6.07) is 9.47. The average molecular weight is 247 g/mol. The topological polar surface area (TPSA) is 66.4 Å². The molecule has 0 radical (unpaired) electrons. The Kier molecular flexibility index (Phi) is 3.36. The molecule has 0 aromatic heterocycles. The molecule has 1 amide bonds. The minimum absolute atomic E-state index is 0.117. The van der Waals surface area contributed by atoms with Crippen molar-refractivity contribution in [3.8, 4) is 0 Å². The SMILES string of the molecule is C[C@@H](C(=O)NCC1(C(=O)O)CC1)c1ccccc1. The van der Waals surface area contributed by atoms with E-state index in [1.54, 1.807) is 0 Å². The summed E-state index contributed by atoms with van der Waals surface area (Å²) < 4.78 is 0. The van der Waals surface area contributed by atoms with Crippen LogP contribution in [0.2, 0.25) is 0 Å². The van der Waals surface area contributed by atoms with E-state index in [1.807, 2.05) is 37.3 Å². The van der Waals surface area contributed by atoms with E-state index >= 15 is 0 Å². The maximum absolute atomic E-state index is 11.9. The van der Waals surface area contributed by atoms with Crippen molar-refractivity contribution in [2.75, 3.05) is 6.54 Å². The number of carbonyl (C=O) groups excluding carboxylic acids is 1. The summed E-state index contributed by atoms with van der Waals surface area (Å²) >= 11 is 0. The number of carboxylic acids is 1. The van der Waals surface area contributed by atoms with Gasteiger partial charge in [-0.3, -0.25) is 9.59 Å². The van der Waals surface area contributed by atoms with E-state index in [2.05, 4.69) is 5.32 Å². The van der Waals surface area contributed by atoms with Crippen molar-refractivity contribution in [1.29, 1.82) is 0 Å². The third-order valence-corrected chi connectivity index (χ3v) is 3.60. The number of rotatable bonds is 5. The molecule has 18 heavy (non-hydrogen) atoms. The Morgan fingerprint density at radius 2 is 1.94 bits per heavy atom. The zero-order chi connectivity index (χ0) is 13.2. The maximum atomic E-state index is 11.9. The first-order valence-corrected chi connectivity index (χ1v) is 6.11. The van der Waals surface area contributed by atoms with E-state index < -0.39 is 11.4 Å². The third-order valence-electron chi connectivity index (χ3n) is 3.60. The Balaban J connectivity index is 1.91. The lowest BCUT2D eigenvalue weighted by Gasteiger charge is -2.15. The van der Waals surface area contributed by atoms with E-state index in [1.165, 1.54) is 0 Å². The van der Waals surface area contributed by atoms with Gasteiger partial charge in [0.1, 0.15) is 0 Å². The molecule has 0 saturated heterocycles. The van der Waals surface area contributed by atoms with Crippen LogP contribution in [-0.2, 0) is 9.59 Å². The van der Waals surface area contributed by atoms with Crippen LogP contribution in [-0.4, -0.2) is 23.5 Å².